The molecule has 6 heteroatoms. The molecule has 0 aromatic heterocycles. The Morgan fingerprint density at radius 2 is 1.85 bits per heavy atom. The maximum absolute atomic E-state index is 4.85. The van der Waals surface area contributed by atoms with Crippen molar-refractivity contribution in [3.63, 3.8) is 0 Å². The van der Waals surface area contributed by atoms with Gasteiger partial charge in [0.2, 0.25) is 0 Å². The molecular formula is C14H13I3N2S. The van der Waals surface area contributed by atoms with E-state index in [1.165, 1.54) is 15.1 Å². The SMILES string of the molecule is CN(C)c1ccc2c(c1)S(I(I)I)=c1ccccc1=N2. The molecule has 106 valence electrons. The van der Waals surface area contributed by atoms with Crippen molar-refractivity contribution in [1.29, 1.82) is 0 Å². The van der Waals surface area contributed by atoms with Crippen LogP contribution >= 0.6 is 55.4 Å². The van der Waals surface area contributed by atoms with Crippen LogP contribution in [0.3, 0.4) is 0 Å². The molecule has 0 N–H and O–H groups in total. The van der Waals surface area contributed by atoms with Crippen molar-refractivity contribution < 1.29 is 0 Å². The van der Waals surface area contributed by atoms with Crippen LogP contribution in [0.4, 0.5) is 11.4 Å². The number of rotatable bonds is 2. The van der Waals surface area contributed by atoms with E-state index in [1.54, 1.807) is 0 Å². The second-order valence-corrected chi connectivity index (χ2v) is 40.5. The van der Waals surface area contributed by atoms with Crippen molar-refractivity contribution >= 4 is 66.7 Å². The van der Waals surface area contributed by atoms with E-state index in [-0.39, 0.29) is 7.66 Å². The van der Waals surface area contributed by atoms with Gasteiger partial charge in [-0.25, -0.2) is 0 Å². The molecule has 0 saturated carbocycles. The monoisotopic (exact) mass is 622 g/mol. The van der Waals surface area contributed by atoms with Crippen molar-refractivity contribution in [1.82, 2.24) is 0 Å². The molecule has 1 aliphatic heterocycles. The van der Waals surface area contributed by atoms with E-state index in [1.807, 2.05) is 0 Å². The van der Waals surface area contributed by atoms with Crippen LogP contribution in [0.5, 0.6) is 0 Å². The summed E-state index contributed by atoms with van der Waals surface area (Å²) >= 11 is 5.37. The minimum absolute atomic E-state index is 0.237. The van der Waals surface area contributed by atoms with Crippen LogP contribution in [-0.2, 0) is 0 Å². The van der Waals surface area contributed by atoms with E-state index in [0.717, 1.165) is 11.0 Å². The first-order chi connectivity index (χ1) is 9.58. The molecule has 1 atom stereocenters. The van der Waals surface area contributed by atoms with Gasteiger partial charge in [-0.3, -0.25) is 0 Å². The molecule has 2 aromatic rings. The predicted octanol–water partition coefficient (Wildman–Crippen LogP) is 5.72. The van der Waals surface area contributed by atoms with Crippen molar-refractivity contribution in [2.45, 2.75) is 4.90 Å². The fourth-order valence-electron chi connectivity index (χ4n) is 2.09. The van der Waals surface area contributed by atoms with E-state index < -0.39 is 10.5 Å². The first kappa shape index (κ1) is 15.5. The number of hydrogen-bond acceptors (Lipinski definition) is 2. The zero-order valence-electron chi connectivity index (χ0n) is 11.0. The fraction of sp³-hybridized carbons (Fsp3) is 0.143. The first-order valence-corrected chi connectivity index (χ1v) is 22.3. The average molecular weight is 622 g/mol. The van der Waals surface area contributed by atoms with Gasteiger partial charge in [0.25, 0.3) is 0 Å². The zero-order chi connectivity index (χ0) is 14.3. The number of nitrogens with zero attached hydrogens (tertiary/aromatic N) is 2. The molecule has 2 aromatic carbocycles. The van der Waals surface area contributed by atoms with Gasteiger partial charge in [-0.05, 0) is 0 Å². The molecular weight excluding hydrogens is 609 g/mol. The van der Waals surface area contributed by atoms with E-state index in [4.69, 9.17) is 4.99 Å². The molecule has 2 nitrogen and oxygen atoms in total. The zero-order valence-corrected chi connectivity index (χ0v) is 18.3. The first-order valence-electron chi connectivity index (χ1n) is 5.98. The van der Waals surface area contributed by atoms with Gasteiger partial charge in [-0.15, -0.1) is 0 Å². The summed E-state index contributed by atoms with van der Waals surface area (Å²) in [4.78, 5) is 8.45. The van der Waals surface area contributed by atoms with Gasteiger partial charge in [0.1, 0.15) is 0 Å². The van der Waals surface area contributed by atoms with Crippen LogP contribution < -0.4 is 10.3 Å². The van der Waals surface area contributed by atoms with Gasteiger partial charge >= 0.3 is 148 Å². The summed E-state index contributed by atoms with van der Waals surface area (Å²) in [7, 11) is 3.36. The second kappa shape index (κ2) is 6.37. The molecule has 0 amide bonds. The van der Waals surface area contributed by atoms with Crippen LogP contribution in [0.15, 0.2) is 52.4 Å². The third-order valence-electron chi connectivity index (χ3n) is 3.07. The van der Waals surface area contributed by atoms with Gasteiger partial charge in [0.05, 0.1) is 0 Å². The van der Waals surface area contributed by atoms with Gasteiger partial charge in [-0.1, -0.05) is 0 Å². The van der Waals surface area contributed by atoms with E-state index >= 15 is 0 Å². The number of benzene rings is 2. The Morgan fingerprint density at radius 1 is 1.10 bits per heavy atom. The number of para-hydroxylation sites is 1. The molecule has 0 saturated heterocycles. The molecule has 0 spiro atoms. The van der Waals surface area contributed by atoms with Crippen molar-refractivity contribution in [3.05, 3.63) is 52.3 Å². The molecule has 3 rings (SSSR count). The Morgan fingerprint density at radius 3 is 2.55 bits per heavy atom. The molecule has 0 bridgehead atoms. The van der Waals surface area contributed by atoms with Gasteiger partial charge in [0, 0.05) is 0 Å². The minimum atomic E-state index is -1.07. The standard InChI is InChI=1S/C14H13I3N2S/c1-19(2)10-7-8-12-14(9-10)20(17(15)16)13-6-4-3-5-11(13)18-12/h3-9H,1-2H3. The van der Waals surface area contributed by atoms with Crippen molar-refractivity contribution in [3.8, 4) is 0 Å². The number of halogens is 3. The second-order valence-electron chi connectivity index (χ2n) is 4.55. The molecule has 1 aliphatic rings. The predicted molar refractivity (Wildman–Crippen MR) is 115 cm³/mol. The third-order valence-corrected chi connectivity index (χ3v) is 23.0. The number of fused-ring (bicyclic) bond motifs is 2. The molecule has 1 unspecified atom stereocenters. The Hall–Kier alpha value is 0.580. The van der Waals surface area contributed by atoms with Gasteiger partial charge in [0.15, 0.2) is 0 Å². The van der Waals surface area contributed by atoms with Gasteiger partial charge < -0.3 is 0 Å². The van der Waals surface area contributed by atoms with Crippen LogP contribution in [0.25, 0.3) is 0 Å². The molecule has 0 radical (unpaired) electrons. The Labute approximate surface area is 146 Å². The van der Waals surface area contributed by atoms with Crippen LogP contribution in [-0.4, -0.2) is 14.1 Å². The summed E-state index contributed by atoms with van der Waals surface area (Å²) in [6.45, 7) is 0. The summed E-state index contributed by atoms with van der Waals surface area (Å²) in [6, 6.07) is 15.3. The van der Waals surface area contributed by atoms with Crippen LogP contribution in [0.1, 0.15) is 0 Å². The summed E-state index contributed by atoms with van der Waals surface area (Å²) in [5.74, 6) is 0. The molecule has 0 aliphatic carbocycles. The summed E-state index contributed by atoms with van der Waals surface area (Å²) in [6.07, 6.45) is 0. The molecule has 1 heterocycles. The average Bonchev–Trinajstić information content (AvgIpc) is 2.43. The summed E-state index contributed by atoms with van der Waals surface area (Å²) in [5, 5.41) is 1.16. The van der Waals surface area contributed by atoms with Crippen LogP contribution in [0, 0.1) is 4.51 Å². The normalized spacial score (nSPS) is 16.8. The van der Waals surface area contributed by atoms with Gasteiger partial charge in [-0.2, -0.15) is 0 Å². The quantitative estimate of drug-likeness (QED) is 0.310. The van der Waals surface area contributed by atoms with Crippen molar-refractivity contribution in [2.75, 3.05) is 19.0 Å². The number of anilines is 1. The molecule has 0 fully saturated rings. The van der Waals surface area contributed by atoms with E-state index in [0.29, 0.717) is 0 Å². The third kappa shape index (κ3) is 2.89. The Bertz CT molecular complexity index is 787. The Balaban J connectivity index is 2.37. The summed E-state index contributed by atoms with van der Waals surface area (Å²) < 4.78 is 1.44. The topological polar surface area (TPSA) is 15.6 Å². The Kier molecular flexibility index (Phi) is 4.93. The van der Waals surface area contributed by atoms with Crippen molar-refractivity contribution in [2.24, 2.45) is 4.99 Å². The maximum atomic E-state index is 4.85. The van der Waals surface area contributed by atoms with E-state index in [9.17, 15) is 0 Å². The van der Waals surface area contributed by atoms with E-state index in [2.05, 4.69) is 98.7 Å². The molecule has 20 heavy (non-hydrogen) atoms. The summed E-state index contributed by atoms with van der Waals surface area (Å²) in [5.41, 5.74) is 2.43. The van der Waals surface area contributed by atoms with Crippen LogP contribution in [0.2, 0.25) is 0 Å². The number of hydrogen-bond donors (Lipinski definition) is 0. The fourth-order valence-corrected chi connectivity index (χ4v) is 22.4.